The van der Waals surface area contributed by atoms with E-state index in [0.717, 1.165) is 21.3 Å². The number of ether oxygens (including phenoxy) is 1. The minimum atomic E-state index is -0.613. The molecular formula is C12H17BrN2O2. The van der Waals surface area contributed by atoms with Crippen LogP contribution in [-0.4, -0.2) is 25.7 Å². The molecule has 0 radical (unpaired) electrons. The summed E-state index contributed by atoms with van der Waals surface area (Å²) in [5.74, 6) is -0.219. The van der Waals surface area contributed by atoms with Crippen LogP contribution in [0.25, 0.3) is 0 Å². The van der Waals surface area contributed by atoms with E-state index in [0.29, 0.717) is 0 Å². The number of anilines is 1. The highest BCUT2D eigenvalue weighted by Crippen LogP contribution is 2.25. The third-order valence-corrected chi connectivity index (χ3v) is 2.99. The Balaban J connectivity index is 2.92. The maximum absolute atomic E-state index is 11.8. The summed E-state index contributed by atoms with van der Waals surface area (Å²) in [6.07, 6.45) is -0.613. The fraction of sp³-hybridized carbons (Fsp3) is 0.417. The van der Waals surface area contributed by atoms with Crippen LogP contribution in [0.5, 0.6) is 0 Å². The molecule has 0 aliphatic carbocycles. The number of methoxy groups -OCH3 is 1. The fourth-order valence-electron chi connectivity index (χ4n) is 1.62. The van der Waals surface area contributed by atoms with E-state index in [1.165, 1.54) is 7.11 Å². The summed E-state index contributed by atoms with van der Waals surface area (Å²) in [7, 11) is 1.47. The van der Waals surface area contributed by atoms with E-state index in [1.807, 2.05) is 26.0 Å². The van der Waals surface area contributed by atoms with Crippen molar-refractivity contribution in [1.82, 2.24) is 0 Å². The molecule has 0 aliphatic rings. The quantitative estimate of drug-likeness (QED) is 0.894. The number of nitrogens with one attached hydrogen (secondary N) is 1. The molecule has 4 nitrogen and oxygen atoms in total. The number of benzene rings is 1. The zero-order chi connectivity index (χ0) is 13.0. The standard InChI is InChI=1S/C12H17BrN2O2/c1-7-4-9(13)5-8(2)11(7)15-12(16)10(6-14)17-3/h4-5,10H,6,14H2,1-3H3,(H,15,16). The van der Waals surface area contributed by atoms with E-state index in [-0.39, 0.29) is 12.5 Å². The van der Waals surface area contributed by atoms with Gasteiger partial charge >= 0.3 is 0 Å². The van der Waals surface area contributed by atoms with Crippen LogP contribution >= 0.6 is 15.9 Å². The zero-order valence-corrected chi connectivity index (χ0v) is 11.8. The molecule has 1 aromatic rings. The van der Waals surface area contributed by atoms with Crippen LogP contribution in [0.2, 0.25) is 0 Å². The van der Waals surface area contributed by atoms with Gasteiger partial charge in [-0.1, -0.05) is 15.9 Å². The van der Waals surface area contributed by atoms with Crippen molar-refractivity contribution >= 4 is 27.5 Å². The first-order valence-electron chi connectivity index (χ1n) is 5.30. The lowest BCUT2D eigenvalue weighted by atomic mass is 10.1. The maximum Gasteiger partial charge on any atom is 0.254 e. The number of aryl methyl sites for hydroxylation is 2. The highest BCUT2D eigenvalue weighted by atomic mass is 79.9. The van der Waals surface area contributed by atoms with Crippen LogP contribution in [0, 0.1) is 13.8 Å². The van der Waals surface area contributed by atoms with E-state index < -0.39 is 6.10 Å². The number of amides is 1. The smallest absolute Gasteiger partial charge is 0.254 e. The molecule has 0 aromatic heterocycles. The molecule has 1 atom stereocenters. The lowest BCUT2D eigenvalue weighted by Crippen LogP contribution is -2.36. The Bertz CT molecular complexity index is 394. The van der Waals surface area contributed by atoms with Gasteiger partial charge in [0.2, 0.25) is 0 Å². The van der Waals surface area contributed by atoms with Gasteiger partial charge in [-0.15, -0.1) is 0 Å². The third kappa shape index (κ3) is 3.52. The van der Waals surface area contributed by atoms with E-state index >= 15 is 0 Å². The molecule has 0 spiro atoms. The largest absolute Gasteiger partial charge is 0.370 e. The van der Waals surface area contributed by atoms with Gasteiger partial charge in [0, 0.05) is 23.8 Å². The van der Waals surface area contributed by atoms with E-state index in [4.69, 9.17) is 10.5 Å². The van der Waals surface area contributed by atoms with E-state index in [9.17, 15) is 4.79 Å². The Morgan fingerprint density at radius 1 is 1.47 bits per heavy atom. The Hall–Kier alpha value is -0.910. The Morgan fingerprint density at radius 3 is 2.41 bits per heavy atom. The van der Waals surface area contributed by atoms with Crippen LogP contribution in [-0.2, 0) is 9.53 Å². The molecule has 0 saturated carbocycles. The van der Waals surface area contributed by atoms with Gasteiger partial charge in [0.25, 0.3) is 5.91 Å². The predicted molar refractivity (Wildman–Crippen MR) is 72.1 cm³/mol. The number of nitrogens with two attached hydrogens (primary N) is 1. The molecule has 0 heterocycles. The highest BCUT2D eigenvalue weighted by Gasteiger charge is 2.17. The SMILES string of the molecule is COC(CN)C(=O)Nc1c(C)cc(Br)cc1C. The maximum atomic E-state index is 11.8. The number of carbonyl (C=O) groups excluding carboxylic acids is 1. The Morgan fingerprint density at radius 2 is 2.00 bits per heavy atom. The first kappa shape index (κ1) is 14.2. The molecule has 0 fully saturated rings. The number of halogens is 1. The van der Waals surface area contributed by atoms with Crippen molar-refractivity contribution in [2.24, 2.45) is 5.73 Å². The van der Waals surface area contributed by atoms with E-state index in [1.54, 1.807) is 0 Å². The number of carbonyl (C=O) groups is 1. The van der Waals surface area contributed by atoms with Crippen molar-refractivity contribution in [3.8, 4) is 0 Å². The Labute approximate surface area is 110 Å². The van der Waals surface area contributed by atoms with Gasteiger partial charge in [-0.3, -0.25) is 4.79 Å². The molecule has 1 amide bonds. The van der Waals surface area contributed by atoms with Crippen LogP contribution in [0.1, 0.15) is 11.1 Å². The zero-order valence-electron chi connectivity index (χ0n) is 10.2. The normalized spacial score (nSPS) is 12.3. The van der Waals surface area contributed by atoms with Gasteiger partial charge < -0.3 is 15.8 Å². The number of hydrogen-bond donors (Lipinski definition) is 2. The highest BCUT2D eigenvalue weighted by molar-refractivity contribution is 9.10. The Kier molecular flexibility index (Phi) is 5.11. The van der Waals surface area contributed by atoms with Gasteiger partial charge in [0.05, 0.1) is 0 Å². The van der Waals surface area contributed by atoms with Crippen molar-refractivity contribution in [3.05, 3.63) is 27.7 Å². The van der Waals surface area contributed by atoms with Crippen molar-refractivity contribution < 1.29 is 9.53 Å². The molecule has 0 aliphatic heterocycles. The van der Waals surface area contributed by atoms with Crippen molar-refractivity contribution in [2.45, 2.75) is 20.0 Å². The topological polar surface area (TPSA) is 64.3 Å². The first-order chi connectivity index (χ1) is 7.99. The van der Waals surface area contributed by atoms with Crippen LogP contribution in [0.3, 0.4) is 0 Å². The molecule has 0 saturated heterocycles. The summed E-state index contributed by atoms with van der Waals surface area (Å²) in [6.45, 7) is 4.05. The van der Waals surface area contributed by atoms with Crippen LogP contribution in [0.4, 0.5) is 5.69 Å². The molecule has 1 rings (SSSR count). The number of rotatable bonds is 4. The second kappa shape index (κ2) is 6.14. The van der Waals surface area contributed by atoms with Gasteiger partial charge in [-0.25, -0.2) is 0 Å². The minimum absolute atomic E-state index is 0.164. The monoisotopic (exact) mass is 300 g/mol. The average Bonchev–Trinajstić information content (AvgIpc) is 2.25. The number of hydrogen-bond acceptors (Lipinski definition) is 3. The van der Waals surface area contributed by atoms with Crippen molar-refractivity contribution in [3.63, 3.8) is 0 Å². The average molecular weight is 301 g/mol. The van der Waals surface area contributed by atoms with E-state index in [2.05, 4.69) is 21.2 Å². The second-order valence-electron chi connectivity index (χ2n) is 3.86. The molecule has 1 unspecified atom stereocenters. The molecular weight excluding hydrogens is 284 g/mol. The summed E-state index contributed by atoms with van der Waals surface area (Å²) < 4.78 is 5.98. The van der Waals surface area contributed by atoms with Gasteiger partial charge in [0.15, 0.2) is 0 Å². The second-order valence-corrected chi connectivity index (χ2v) is 4.78. The summed E-state index contributed by atoms with van der Waals surface area (Å²) in [6, 6.07) is 3.90. The summed E-state index contributed by atoms with van der Waals surface area (Å²) in [5.41, 5.74) is 8.25. The molecule has 0 bridgehead atoms. The molecule has 3 N–H and O–H groups in total. The molecule has 5 heteroatoms. The summed E-state index contributed by atoms with van der Waals surface area (Å²) >= 11 is 3.41. The van der Waals surface area contributed by atoms with Crippen LogP contribution in [0.15, 0.2) is 16.6 Å². The predicted octanol–water partition coefficient (Wildman–Crippen LogP) is 1.98. The van der Waals surface area contributed by atoms with Gasteiger partial charge in [-0.2, -0.15) is 0 Å². The summed E-state index contributed by atoms with van der Waals surface area (Å²) in [4.78, 5) is 11.8. The molecule has 94 valence electrons. The lowest BCUT2D eigenvalue weighted by Gasteiger charge is -2.16. The van der Waals surface area contributed by atoms with Crippen LogP contribution < -0.4 is 11.1 Å². The summed E-state index contributed by atoms with van der Waals surface area (Å²) in [5, 5.41) is 2.84. The van der Waals surface area contributed by atoms with Crippen molar-refractivity contribution in [2.75, 3.05) is 19.0 Å². The lowest BCUT2D eigenvalue weighted by molar-refractivity contribution is -0.125. The molecule has 1 aromatic carbocycles. The van der Waals surface area contributed by atoms with Gasteiger partial charge in [0.1, 0.15) is 6.10 Å². The molecule has 17 heavy (non-hydrogen) atoms. The van der Waals surface area contributed by atoms with Gasteiger partial charge in [-0.05, 0) is 37.1 Å². The van der Waals surface area contributed by atoms with Crippen molar-refractivity contribution in [1.29, 1.82) is 0 Å². The fourth-order valence-corrected chi connectivity index (χ4v) is 2.31. The third-order valence-electron chi connectivity index (χ3n) is 2.54. The minimum Gasteiger partial charge on any atom is -0.370 e. The first-order valence-corrected chi connectivity index (χ1v) is 6.09.